The molecule has 1 aromatic carbocycles. The van der Waals surface area contributed by atoms with Crippen molar-refractivity contribution in [2.45, 2.75) is 18.8 Å². The molecule has 0 bridgehead atoms. The first-order valence-corrected chi connectivity index (χ1v) is 5.31. The Bertz CT molecular complexity index is 321. The molecule has 1 aliphatic heterocycles. The Labute approximate surface area is 88.3 Å². The molecule has 1 heterocycles. The summed E-state index contributed by atoms with van der Waals surface area (Å²) < 4.78 is 13.6. The van der Waals surface area contributed by atoms with Crippen LogP contribution in [-0.2, 0) is 0 Å². The summed E-state index contributed by atoms with van der Waals surface area (Å²) in [4.78, 5) is 0. The third-order valence-electron chi connectivity index (χ3n) is 2.72. The van der Waals surface area contributed by atoms with E-state index in [1.807, 2.05) is 12.1 Å². The van der Waals surface area contributed by atoms with Crippen molar-refractivity contribution in [2.24, 2.45) is 0 Å². The average Bonchev–Trinajstić information content (AvgIpc) is 2.23. The molecule has 2 rings (SSSR count). The number of nitrogens with one attached hydrogen (secondary N) is 1. The molecule has 1 saturated heterocycles. The Hall–Kier alpha value is -0.600. The van der Waals surface area contributed by atoms with Crippen LogP contribution in [0.4, 0.5) is 4.39 Å². The highest BCUT2D eigenvalue weighted by Gasteiger charge is 2.19. The van der Waals surface area contributed by atoms with Gasteiger partial charge in [0, 0.05) is 6.54 Å². The van der Waals surface area contributed by atoms with Crippen LogP contribution in [0.15, 0.2) is 18.2 Å². The second-order valence-electron chi connectivity index (χ2n) is 3.69. The summed E-state index contributed by atoms with van der Waals surface area (Å²) in [5, 5.41) is 3.50. The van der Waals surface area contributed by atoms with E-state index in [-0.39, 0.29) is 16.8 Å². The van der Waals surface area contributed by atoms with Crippen LogP contribution >= 0.6 is 11.6 Å². The third kappa shape index (κ3) is 1.91. The van der Waals surface area contributed by atoms with E-state index in [0.29, 0.717) is 0 Å². The van der Waals surface area contributed by atoms with E-state index in [4.69, 9.17) is 11.6 Å². The zero-order chi connectivity index (χ0) is 9.97. The second-order valence-corrected chi connectivity index (χ2v) is 4.09. The minimum absolute atomic E-state index is 0.230. The molecule has 1 fully saturated rings. The molecule has 1 aromatic rings. The zero-order valence-electron chi connectivity index (χ0n) is 7.89. The fourth-order valence-electron chi connectivity index (χ4n) is 1.95. The standard InChI is InChI=1S/C11H13ClFN/c12-10-5-1-4-9(11(10)13)8-3-2-6-14-7-8/h1,4-5,8,14H,2-3,6-7H2/t8-/m0/s1. The molecule has 14 heavy (non-hydrogen) atoms. The first-order valence-electron chi connectivity index (χ1n) is 4.93. The van der Waals surface area contributed by atoms with Gasteiger partial charge in [-0.25, -0.2) is 4.39 Å². The Morgan fingerprint density at radius 2 is 2.29 bits per heavy atom. The SMILES string of the molecule is Fc1c(Cl)cccc1[C@H]1CCCNC1. The highest BCUT2D eigenvalue weighted by atomic mass is 35.5. The molecule has 0 aromatic heterocycles. The van der Waals surface area contributed by atoms with Crippen LogP contribution in [0.2, 0.25) is 5.02 Å². The molecular formula is C11H13ClFN. The molecule has 3 heteroatoms. The first-order chi connectivity index (χ1) is 6.79. The molecule has 1 nitrogen and oxygen atoms in total. The minimum Gasteiger partial charge on any atom is -0.316 e. The van der Waals surface area contributed by atoms with Gasteiger partial charge >= 0.3 is 0 Å². The molecule has 1 atom stereocenters. The molecule has 1 N–H and O–H groups in total. The van der Waals surface area contributed by atoms with Crippen LogP contribution in [0.1, 0.15) is 24.3 Å². The molecule has 0 aliphatic carbocycles. The Balaban J connectivity index is 2.26. The largest absolute Gasteiger partial charge is 0.316 e. The van der Waals surface area contributed by atoms with Crippen LogP contribution in [0.5, 0.6) is 0 Å². The fraction of sp³-hybridized carbons (Fsp3) is 0.455. The lowest BCUT2D eigenvalue weighted by Crippen LogP contribution is -2.28. The van der Waals surface area contributed by atoms with Gasteiger partial charge < -0.3 is 5.32 Å². The van der Waals surface area contributed by atoms with Gasteiger partial charge in [-0.1, -0.05) is 23.7 Å². The molecule has 0 radical (unpaired) electrons. The van der Waals surface area contributed by atoms with Crippen LogP contribution in [0.3, 0.4) is 0 Å². The van der Waals surface area contributed by atoms with Gasteiger partial charge in [0.05, 0.1) is 5.02 Å². The molecule has 0 saturated carbocycles. The van der Waals surface area contributed by atoms with Crippen molar-refractivity contribution in [3.63, 3.8) is 0 Å². The van der Waals surface area contributed by atoms with Crippen molar-refractivity contribution in [3.05, 3.63) is 34.6 Å². The number of piperidine rings is 1. The van der Waals surface area contributed by atoms with Crippen LogP contribution < -0.4 is 5.32 Å². The van der Waals surface area contributed by atoms with Crippen molar-refractivity contribution in [1.82, 2.24) is 5.32 Å². The maximum atomic E-state index is 13.6. The van der Waals surface area contributed by atoms with Gasteiger partial charge in [-0.3, -0.25) is 0 Å². The smallest absolute Gasteiger partial charge is 0.145 e. The summed E-state index contributed by atoms with van der Waals surface area (Å²) in [6, 6.07) is 5.24. The van der Waals surface area contributed by atoms with E-state index in [2.05, 4.69) is 5.32 Å². The Morgan fingerprint density at radius 1 is 1.43 bits per heavy atom. The monoisotopic (exact) mass is 213 g/mol. The summed E-state index contributed by atoms with van der Waals surface area (Å²) in [6.07, 6.45) is 2.15. The summed E-state index contributed by atoms with van der Waals surface area (Å²) in [7, 11) is 0. The predicted molar refractivity (Wildman–Crippen MR) is 56.3 cm³/mol. The first kappa shape index (κ1) is 9.94. The normalized spacial score (nSPS) is 22.3. The van der Waals surface area contributed by atoms with Crippen molar-refractivity contribution in [1.29, 1.82) is 0 Å². The summed E-state index contributed by atoms with van der Waals surface area (Å²) in [5.41, 5.74) is 0.754. The van der Waals surface area contributed by atoms with Gasteiger partial charge in [-0.15, -0.1) is 0 Å². The van der Waals surface area contributed by atoms with Gasteiger partial charge in [0.1, 0.15) is 5.82 Å². The number of hydrogen-bond donors (Lipinski definition) is 1. The highest BCUT2D eigenvalue weighted by Crippen LogP contribution is 2.28. The molecule has 0 unspecified atom stereocenters. The second kappa shape index (κ2) is 4.28. The number of hydrogen-bond acceptors (Lipinski definition) is 1. The van der Waals surface area contributed by atoms with Crippen LogP contribution in [-0.4, -0.2) is 13.1 Å². The fourth-order valence-corrected chi connectivity index (χ4v) is 2.13. The lowest BCUT2D eigenvalue weighted by Gasteiger charge is -2.23. The molecule has 0 spiro atoms. The van der Waals surface area contributed by atoms with E-state index in [1.54, 1.807) is 6.07 Å². The van der Waals surface area contributed by atoms with Crippen molar-refractivity contribution in [3.8, 4) is 0 Å². The van der Waals surface area contributed by atoms with E-state index in [0.717, 1.165) is 31.5 Å². The van der Waals surface area contributed by atoms with Gasteiger partial charge in [-0.05, 0) is 36.9 Å². The van der Waals surface area contributed by atoms with E-state index >= 15 is 0 Å². The summed E-state index contributed by atoms with van der Waals surface area (Å²) in [5.74, 6) is 0.0327. The van der Waals surface area contributed by atoms with Gasteiger partial charge in [0.25, 0.3) is 0 Å². The van der Waals surface area contributed by atoms with Gasteiger partial charge in [0.2, 0.25) is 0 Å². The minimum atomic E-state index is -0.247. The molecule has 0 amide bonds. The van der Waals surface area contributed by atoms with Crippen LogP contribution in [0, 0.1) is 5.82 Å². The van der Waals surface area contributed by atoms with E-state index < -0.39 is 0 Å². The average molecular weight is 214 g/mol. The maximum Gasteiger partial charge on any atom is 0.145 e. The summed E-state index contributed by atoms with van der Waals surface area (Å²) >= 11 is 5.74. The molecule has 76 valence electrons. The maximum absolute atomic E-state index is 13.6. The third-order valence-corrected chi connectivity index (χ3v) is 3.01. The Morgan fingerprint density at radius 3 is 3.00 bits per heavy atom. The van der Waals surface area contributed by atoms with E-state index in [9.17, 15) is 4.39 Å². The van der Waals surface area contributed by atoms with Crippen molar-refractivity contribution < 1.29 is 4.39 Å². The zero-order valence-corrected chi connectivity index (χ0v) is 8.65. The van der Waals surface area contributed by atoms with Gasteiger partial charge in [-0.2, -0.15) is 0 Å². The lowest BCUT2D eigenvalue weighted by atomic mass is 9.91. The lowest BCUT2D eigenvalue weighted by molar-refractivity contribution is 0.446. The Kier molecular flexibility index (Phi) is 3.04. The molecule has 1 aliphatic rings. The van der Waals surface area contributed by atoms with Crippen molar-refractivity contribution >= 4 is 11.6 Å². The summed E-state index contributed by atoms with van der Waals surface area (Å²) in [6.45, 7) is 1.90. The number of rotatable bonds is 1. The van der Waals surface area contributed by atoms with Crippen molar-refractivity contribution in [2.75, 3.05) is 13.1 Å². The molecular weight excluding hydrogens is 201 g/mol. The van der Waals surface area contributed by atoms with Crippen LogP contribution in [0.25, 0.3) is 0 Å². The topological polar surface area (TPSA) is 12.0 Å². The quantitative estimate of drug-likeness (QED) is 0.757. The van der Waals surface area contributed by atoms with E-state index in [1.165, 1.54) is 0 Å². The number of benzene rings is 1. The van der Waals surface area contributed by atoms with Gasteiger partial charge in [0.15, 0.2) is 0 Å². The predicted octanol–water partition coefficient (Wildman–Crippen LogP) is 2.95. The number of halogens is 2. The highest BCUT2D eigenvalue weighted by molar-refractivity contribution is 6.30.